The van der Waals surface area contributed by atoms with Gasteiger partial charge in [-0.05, 0) is 18.1 Å². The number of aryl methyl sites for hydroxylation is 1. The van der Waals surface area contributed by atoms with Crippen molar-refractivity contribution in [3.8, 4) is 0 Å². The van der Waals surface area contributed by atoms with Crippen molar-refractivity contribution >= 4 is 29.4 Å². The Bertz CT molecular complexity index is 519. The number of benzene rings is 1. The number of hydrogen-bond acceptors (Lipinski definition) is 3. The zero-order valence-corrected chi connectivity index (χ0v) is 11.4. The Morgan fingerprint density at radius 2 is 1.95 bits per heavy atom. The van der Waals surface area contributed by atoms with Crippen LogP contribution in [0.15, 0.2) is 24.3 Å². The minimum atomic E-state index is -1.30. The zero-order chi connectivity index (χ0) is 15.1. The molecule has 1 aromatic carbocycles. The lowest BCUT2D eigenvalue weighted by Crippen LogP contribution is -2.43. The summed E-state index contributed by atoms with van der Waals surface area (Å²) in [7, 11) is 0. The third-order valence-corrected chi connectivity index (χ3v) is 2.99. The Balaban J connectivity index is 2.52. The van der Waals surface area contributed by atoms with Gasteiger partial charge in [0, 0.05) is 11.4 Å². The predicted octanol–water partition coefficient (Wildman–Crippen LogP) is 0.717. The zero-order valence-electron chi connectivity index (χ0n) is 10.6. The number of carbonyl (C=O) groups excluding carboxylic acids is 2. The average Bonchev–Trinajstić information content (AvgIpc) is 2.36. The Kier molecular flexibility index (Phi) is 5.99. The predicted molar refractivity (Wildman–Crippen MR) is 73.2 cm³/mol. The first kappa shape index (κ1) is 16.0. The fraction of sp³-hybridized carbons (Fsp3) is 0.308. The maximum atomic E-state index is 11.7. The monoisotopic (exact) mass is 298 g/mol. The van der Waals surface area contributed by atoms with Crippen LogP contribution in [0.2, 0.25) is 5.02 Å². The quantitative estimate of drug-likeness (QED) is 0.689. The van der Waals surface area contributed by atoms with Gasteiger partial charge in [0.05, 0.1) is 6.42 Å². The Labute approximate surface area is 120 Å². The summed E-state index contributed by atoms with van der Waals surface area (Å²) in [5, 5.41) is 11.7. The van der Waals surface area contributed by atoms with Gasteiger partial charge in [-0.1, -0.05) is 29.8 Å². The Hall–Kier alpha value is -2.08. The highest BCUT2D eigenvalue weighted by atomic mass is 35.5. The van der Waals surface area contributed by atoms with Gasteiger partial charge >= 0.3 is 5.97 Å². The number of carbonyl (C=O) groups is 3. The fourth-order valence-corrected chi connectivity index (χ4v) is 1.85. The number of carboxylic acids is 1. The number of carboxylic acid groups (broad SMARTS) is 1. The van der Waals surface area contributed by atoms with Gasteiger partial charge in [-0.25, -0.2) is 4.79 Å². The lowest BCUT2D eigenvalue weighted by atomic mass is 10.1. The molecule has 0 saturated carbocycles. The van der Waals surface area contributed by atoms with E-state index >= 15 is 0 Å². The SMILES string of the molecule is NC(=O)C[C@H](NC(=O)CCc1ccccc1Cl)C(=O)O. The molecule has 1 rings (SSSR count). The van der Waals surface area contributed by atoms with Gasteiger partial charge in [0.25, 0.3) is 0 Å². The third kappa shape index (κ3) is 5.27. The van der Waals surface area contributed by atoms with Crippen LogP contribution in [0.1, 0.15) is 18.4 Å². The van der Waals surface area contributed by atoms with E-state index in [-0.39, 0.29) is 6.42 Å². The number of amides is 2. The number of halogens is 1. The van der Waals surface area contributed by atoms with Gasteiger partial charge in [-0.3, -0.25) is 9.59 Å². The number of hydrogen-bond donors (Lipinski definition) is 3. The number of primary amides is 1. The first-order valence-electron chi connectivity index (χ1n) is 5.94. The van der Waals surface area contributed by atoms with Crippen molar-refractivity contribution in [2.45, 2.75) is 25.3 Å². The lowest BCUT2D eigenvalue weighted by molar-refractivity contribution is -0.143. The number of rotatable bonds is 7. The second kappa shape index (κ2) is 7.49. The summed E-state index contributed by atoms with van der Waals surface area (Å²) in [4.78, 5) is 33.2. The van der Waals surface area contributed by atoms with Crippen molar-refractivity contribution < 1.29 is 19.5 Å². The van der Waals surface area contributed by atoms with Crippen LogP contribution in [0.5, 0.6) is 0 Å². The summed E-state index contributed by atoms with van der Waals surface area (Å²) in [6, 6.07) is 5.77. The van der Waals surface area contributed by atoms with Gasteiger partial charge in [-0.2, -0.15) is 0 Å². The molecule has 0 saturated heterocycles. The summed E-state index contributed by atoms with van der Waals surface area (Å²) in [5.41, 5.74) is 5.72. The molecule has 20 heavy (non-hydrogen) atoms. The van der Waals surface area contributed by atoms with Crippen molar-refractivity contribution in [3.63, 3.8) is 0 Å². The number of nitrogens with one attached hydrogen (secondary N) is 1. The molecule has 2 amide bonds. The second-order valence-corrected chi connectivity index (χ2v) is 4.63. The lowest BCUT2D eigenvalue weighted by Gasteiger charge is -2.12. The molecule has 0 radical (unpaired) electrons. The molecule has 0 bridgehead atoms. The van der Waals surface area contributed by atoms with Crippen LogP contribution in [-0.2, 0) is 20.8 Å². The molecular weight excluding hydrogens is 284 g/mol. The molecule has 0 aliphatic heterocycles. The minimum absolute atomic E-state index is 0.0757. The molecule has 7 heteroatoms. The van der Waals surface area contributed by atoms with Crippen molar-refractivity contribution in [1.82, 2.24) is 5.32 Å². The van der Waals surface area contributed by atoms with E-state index in [1.165, 1.54) is 0 Å². The molecule has 0 aromatic heterocycles. The summed E-state index contributed by atoms with van der Waals surface area (Å²) in [6.07, 6.45) is 0.0217. The van der Waals surface area contributed by atoms with Crippen molar-refractivity contribution in [1.29, 1.82) is 0 Å². The molecule has 0 aliphatic rings. The molecule has 4 N–H and O–H groups in total. The van der Waals surface area contributed by atoms with Gasteiger partial charge in [0.15, 0.2) is 0 Å². The van der Waals surface area contributed by atoms with E-state index in [0.29, 0.717) is 11.4 Å². The van der Waals surface area contributed by atoms with Crippen LogP contribution in [0.25, 0.3) is 0 Å². The smallest absolute Gasteiger partial charge is 0.326 e. The highest BCUT2D eigenvalue weighted by Gasteiger charge is 2.21. The Morgan fingerprint density at radius 3 is 2.50 bits per heavy atom. The first-order valence-corrected chi connectivity index (χ1v) is 6.32. The molecule has 1 aromatic rings. The van der Waals surface area contributed by atoms with E-state index in [9.17, 15) is 14.4 Å². The normalized spacial score (nSPS) is 11.7. The van der Waals surface area contributed by atoms with E-state index < -0.39 is 30.2 Å². The average molecular weight is 299 g/mol. The van der Waals surface area contributed by atoms with Gasteiger partial charge in [0.1, 0.15) is 6.04 Å². The summed E-state index contributed by atoms with van der Waals surface area (Å²) >= 11 is 5.95. The number of nitrogens with two attached hydrogens (primary N) is 1. The molecular formula is C13H15ClN2O4. The second-order valence-electron chi connectivity index (χ2n) is 4.22. The van der Waals surface area contributed by atoms with Crippen LogP contribution in [0.3, 0.4) is 0 Å². The van der Waals surface area contributed by atoms with Crippen molar-refractivity contribution in [3.05, 3.63) is 34.9 Å². The van der Waals surface area contributed by atoms with E-state index in [4.69, 9.17) is 22.4 Å². The Morgan fingerprint density at radius 1 is 1.30 bits per heavy atom. The topological polar surface area (TPSA) is 109 Å². The van der Waals surface area contributed by atoms with E-state index in [1.807, 2.05) is 0 Å². The van der Waals surface area contributed by atoms with Gasteiger partial charge in [-0.15, -0.1) is 0 Å². The minimum Gasteiger partial charge on any atom is -0.480 e. The van der Waals surface area contributed by atoms with E-state index in [1.54, 1.807) is 24.3 Å². The van der Waals surface area contributed by atoms with Crippen LogP contribution in [0.4, 0.5) is 0 Å². The molecule has 0 unspecified atom stereocenters. The molecule has 0 aliphatic carbocycles. The van der Waals surface area contributed by atoms with E-state index in [2.05, 4.69) is 5.32 Å². The van der Waals surface area contributed by atoms with Crippen LogP contribution < -0.4 is 11.1 Å². The van der Waals surface area contributed by atoms with Gasteiger partial charge < -0.3 is 16.2 Å². The highest BCUT2D eigenvalue weighted by Crippen LogP contribution is 2.16. The van der Waals surface area contributed by atoms with E-state index in [0.717, 1.165) is 5.56 Å². The molecule has 0 spiro atoms. The third-order valence-electron chi connectivity index (χ3n) is 2.62. The molecule has 108 valence electrons. The summed E-state index contributed by atoms with van der Waals surface area (Å²) < 4.78 is 0. The van der Waals surface area contributed by atoms with Crippen molar-refractivity contribution in [2.75, 3.05) is 0 Å². The maximum absolute atomic E-state index is 11.7. The molecule has 0 heterocycles. The summed E-state index contributed by atoms with van der Waals surface area (Å²) in [5.74, 6) is -2.56. The molecule has 0 fully saturated rings. The highest BCUT2D eigenvalue weighted by molar-refractivity contribution is 6.31. The fourth-order valence-electron chi connectivity index (χ4n) is 1.62. The molecule has 1 atom stereocenters. The standard InChI is InChI=1S/C13H15ClN2O4/c14-9-4-2-1-3-8(9)5-6-12(18)16-10(13(19)20)7-11(15)17/h1-4,10H,5-7H2,(H2,15,17)(H,16,18)(H,19,20)/t10-/m0/s1. The maximum Gasteiger partial charge on any atom is 0.326 e. The van der Waals surface area contributed by atoms with Gasteiger partial charge in [0.2, 0.25) is 11.8 Å². The largest absolute Gasteiger partial charge is 0.480 e. The molecule has 6 nitrogen and oxygen atoms in total. The summed E-state index contributed by atoms with van der Waals surface area (Å²) in [6.45, 7) is 0. The number of aliphatic carboxylic acids is 1. The van der Waals surface area contributed by atoms with Crippen molar-refractivity contribution in [2.24, 2.45) is 5.73 Å². The van der Waals surface area contributed by atoms with Crippen LogP contribution in [-0.4, -0.2) is 28.9 Å². The van der Waals surface area contributed by atoms with Crippen LogP contribution >= 0.6 is 11.6 Å². The first-order chi connectivity index (χ1) is 9.40. The van der Waals surface area contributed by atoms with Crippen LogP contribution in [0, 0.1) is 0 Å².